The van der Waals surface area contributed by atoms with E-state index in [2.05, 4.69) is 20.1 Å². The molecule has 3 heterocycles. The molecule has 0 amide bonds. The van der Waals surface area contributed by atoms with Crippen molar-refractivity contribution in [3.05, 3.63) is 65.8 Å². The summed E-state index contributed by atoms with van der Waals surface area (Å²) in [5, 5.41) is 5.63. The molecule has 0 radical (unpaired) electrons. The molecule has 4 rings (SSSR count). The first-order chi connectivity index (χ1) is 13.8. The summed E-state index contributed by atoms with van der Waals surface area (Å²) < 4.78 is 53.7. The molecular weight excluding hydrogens is 435 g/mol. The Hall–Kier alpha value is -2.72. The van der Waals surface area contributed by atoms with Crippen LogP contribution >= 0.6 is 23.2 Å². The molecule has 4 aromatic rings. The number of benzene rings is 1. The highest BCUT2D eigenvalue weighted by molar-refractivity contribution is 6.40. The number of H-pyrrole nitrogens is 1. The average molecular weight is 447 g/mol. The lowest BCUT2D eigenvalue weighted by atomic mass is 10.1. The summed E-state index contributed by atoms with van der Waals surface area (Å²) in [4.78, 5) is 11.9. The lowest BCUT2D eigenvalue weighted by Gasteiger charge is -2.07. The van der Waals surface area contributed by atoms with Gasteiger partial charge in [-0.05, 0) is 11.6 Å². The van der Waals surface area contributed by atoms with Gasteiger partial charge in [0.15, 0.2) is 5.65 Å². The van der Waals surface area contributed by atoms with Crippen LogP contribution in [0.3, 0.4) is 0 Å². The highest BCUT2D eigenvalue weighted by Gasteiger charge is 2.35. The number of alkyl halides is 5. The molecule has 0 bridgehead atoms. The molecule has 0 atom stereocenters. The molecule has 6 nitrogen and oxygen atoms in total. The van der Waals surface area contributed by atoms with Gasteiger partial charge < -0.3 is 4.40 Å². The SMILES string of the molecule is ClCCl.Fc1ccccc1Cc1nc(-c2n[nH]c(C(F)(F)F)n2)cn2ccnc12. The standard InChI is InChI=1S/C16H10F4N6.CH2Cl2/c17-10-4-2-1-3-9(10)7-11-14-21-5-6-26(14)8-12(22-11)13-23-15(25-24-13)16(18,19)20;2-1-3/h1-6,8H,7H2,(H,23,24,25);1H2. The predicted molar refractivity (Wildman–Crippen MR) is 99.1 cm³/mol. The van der Waals surface area contributed by atoms with Crippen molar-refractivity contribution in [2.45, 2.75) is 12.6 Å². The zero-order valence-corrected chi connectivity index (χ0v) is 16.0. The molecule has 0 aliphatic rings. The third-order valence-corrected chi connectivity index (χ3v) is 3.74. The van der Waals surface area contributed by atoms with Gasteiger partial charge in [0.25, 0.3) is 0 Å². The topological polar surface area (TPSA) is 71.8 Å². The summed E-state index contributed by atoms with van der Waals surface area (Å²) in [5.74, 6) is -1.82. The second-order valence-electron chi connectivity index (χ2n) is 5.61. The predicted octanol–water partition coefficient (Wildman–Crippen LogP) is 4.68. The number of rotatable bonds is 3. The monoisotopic (exact) mass is 446 g/mol. The van der Waals surface area contributed by atoms with E-state index in [1.54, 1.807) is 28.8 Å². The summed E-state index contributed by atoms with van der Waals surface area (Å²) in [6.45, 7) is 0. The van der Waals surface area contributed by atoms with Gasteiger partial charge in [-0.1, -0.05) is 18.2 Å². The summed E-state index contributed by atoms with van der Waals surface area (Å²) >= 11 is 9.53. The van der Waals surface area contributed by atoms with E-state index in [4.69, 9.17) is 23.2 Å². The largest absolute Gasteiger partial charge is 0.451 e. The first-order valence-corrected chi connectivity index (χ1v) is 9.08. The van der Waals surface area contributed by atoms with Gasteiger partial charge in [-0.15, -0.1) is 23.2 Å². The van der Waals surface area contributed by atoms with Crippen LogP contribution in [0.1, 0.15) is 17.1 Å². The molecule has 12 heteroatoms. The maximum absolute atomic E-state index is 13.9. The van der Waals surface area contributed by atoms with E-state index in [1.165, 1.54) is 18.5 Å². The molecule has 0 aliphatic heterocycles. The number of imidazole rings is 1. The number of aromatic amines is 1. The Morgan fingerprint density at radius 2 is 1.83 bits per heavy atom. The number of halogens is 6. The van der Waals surface area contributed by atoms with E-state index in [9.17, 15) is 17.6 Å². The molecule has 0 spiro atoms. The van der Waals surface area contributed by atoms with Gasteiger partial charge >= 0.3 is 6.18 Å². The highest BCUT2D eigenvalue weighted by atomic mass is 35.5. The first kappa shape index (κ1) is 21.0. The molecule has 3 aromatic heterocycles. The minimum Gasteiger partial charge on any atom is -0.303 e. The van der Waals surface area contributed by atoms with Crippen molar-refractivity contribution in [3.8, 4) is 11.5 Å². The summed E-state index contributed by atoms with van der Waals surface area (Å²) in [7, 11) is 0. The number of hydrogen-bond acceptors (Lipinski definition) is 4. The zero-order valence-electron chi connectivity index (χ0n) is 14.5. The Balaban J connectivity index is 0.000000755. The van der Waals surface area contributed by atoms with Crippen molar-refractivity contribution in [3.63, 3.8) is 0 Å². The first-order valence-electron chi connectivity index (χ1n) is 8.01. The quantitative estimate of drug-likeness (QED) is 0.366. The van der Waals surface area contributed by atoms with E-state index in [0.29, 0.717) is 16.9 Å². The summed E-state index contributed by atoms with van der Waals surface area (Å²) in [6, 6.07) is 6.19. The number of nitrogens with zero attached hydrogens (tertiary/aromatic N) is 5. The zero-order chi connectivity index (χ0) is 21.0. The Kier molecular flexibility index (Phi) is 6.33. The number of hydrogen-bond donors (Lipinski definition) is 1. The fourth-order valence-electron chi connectivity index (χ4n) is 2.55. The molecule has 0 aliphatic carbocycles. The molecule has 0 fully saturated rings. The molecule has 152 valence electrons. The molecule has 1 N–H and O–H groups in total. The van der Waals surface area contributed by atoms with Crippen molar-refractivity contribution in [1.82, 2.24) is 29.5 Å². The minimum absolute atomic E-state index is 0.119. The average Bonchev–Trinajstić information content (AvgIpc) is 3.33. The van der Waals surface area contributed by atoms with Crippen LogP contribution in [0.5, 0.6) is 0 Å². The second kappa shape index (κ2) is 8.75. The van der Waals surface area contributed by atoms with Gasteiger partial charge in [0.2, 0.25) is 11.6 Å². The third kappa shape index (κ3) is 4.83. The van der Waals surface area contributed by atoms with Crippen LogP contribution in [0.2, 0.25) is 0 Å². The van der Waals surface area contributed by atoms with Crippen LogP contribution in [0.25, 0.3) is 17.2 Å². The van der Waals surface area contributed by atoms with E-state index in [-0.39, 0.29) is 23.3 Å². The van der Waals surface area contributed by atoms with Gasteiger partial charge in [0, 0.05) is 25.0 Å². The van der Waals surface area contributed by atoms with Crippen molar-refractivity contribution >= 4 is 28.8 Å². The molecule has 29 heavy (non-hydrogen) atoms. The molecule has 0 unspecified atom stereocenters. The molecule has 0 saturated heterocycles. The van der Waals surface area contributed by atoms with Crippen LogP contribution in [-0.2, 0) is 12.6 Å². The van der Waals surface area contributed by atoms with Gasteiger partial charge in [-0.25, -0.2) is 19.3 Å². The maximum Gasteiger partial charge on any atom is 0.451 e. The lowest BCUT2D eigenvalue weighted by molar-refractivity contribution is -0.144. The van der Waals surface area contributed by atoms with Crippen molar-refractivity contribution < 1.29 is 17.6 Å². The smallest absolute Gasteiger partial charge is 0.303 e. The van der Waals surface area contributed by atoms with E-state index in [0.717, 1.165) is 0 Å². The van der Waals surface area contributed by atoms with E-state index >= 15 is 0 Å². The van der Waals surface area contributed by atoms with Crippen LogP contribution in [0.15, 0.2) is 42.9 Å². The van der Waals surface area contributed by atoms with Gasteiger partial charge in [-0.3, -0.25) is 5.10 Å². The van der Waals surface area contributed by atoms with Crippen LogP contribution in [0.4, 0.5) is 17.6 Å². The number of aromatic nitrogens is 6. The molecule has 0 saturated carbocycles. The third-order valence-electron chi connectivity index (χ3n) is 3.74. The highest BCUT2D eigenvalue weighted by Crippen LogP contribution is 2.27. The van der Waals surface area contributed by atoms with E-state index in [1.807, 2.05) is 5.10 Å². The van der Waals surface area contributed by atoms with Crippen molar-refractivity contribution in [2.24, 2.45) is 0 Å². The Labute approximate surface area is 171 Å². The van der Waals surface area contributed by atoms with Gasteiger partial charge in [0.1, 0.15) is 11.5 Å². The van der Waals surface area contributed by atoms with Crippen LogP contribution in [-0.4, -0.2) is 34.9 Å². The van der Waals surface area contributed by atoms with Gasteiger partial charge in [-0.2, -0.15) is 18.3 Å². The summed E-state index contributed by atoms with van der Waals surface area (Å²) in [5.41, 5.74) is 1.39. The fraction of sp³-hybridized carbons (Fsp3) is 0.176. The summed E-state index contributed by atoms with van der Waals surface area (Å²) in [6.07, 6.45) is 0.0852. The van der Waals surface area contributed by atoms with Crippen molar-refractivity contribution in [2.75, 3.05) is 5.34 Å². The molecule has 1 aromatic carbocycles. The number of fused-ring (bicyclic) bond motifs is 1. The molecular formula is C17H12Cl2F4N6. The fourth-order valence-corrected chi connectivity index (χ4v) is 2.55. The van der Waals surface area contributed by atoms with E-state index < -0.39 is 17.8 Å². The van der Waals surface area contributed by atoms with Crippen molar-refractivity contribution in [1.29, 1.82) is 0 Å². The Morgan fingerprint density at radius 1 is 1.10 bits per heavy atom. The maximum atomic E-state index is 13.9. The second-order valence-corrected chi connectivity index (χ2v) is 6.41. The van der Waals surface area contributed by atoms with Crippen LogP contribution in [0, 0.1) is 5.82 Å². The minimum atomic E-state index is -4.64. The normalized spacial score (nSPS) is 11.4. The Morgan fingerprint density at radius 3 is 2.48 bits per heavy atom. The lowest BCUT2D eigenvalue weighted by Crippen LogP contribution is -2.07. The Bertz CT molecular complexity index is 1110. The van der Waals surface area contributed by atoms with Gasteiger partial charge in [0.05, 0.1) is 11.0 Å². The van der Waals surface area contributed by atoms with Crippen LogP contribution < -0.4 is 0 Å². The number of nitrogens with one attached hydrogen (secondary N) is 1.